The summed E-state index contributed by atoms with van der Waals surface area (Å²) in [5, 5.41) is 11.3. The van der Waals surface area contributed by atoms with Crippen LogP contribution in [0.3, 0.4) is 0 Å². The Balaban J connectivity index is 1.84. The summed E-state index contributed by atoms with van der Waals surface area (Å²) in [4.78, 5) is 5.25. The van der Waals surface area contributed by atoms with Crippen LogP contribution in [-0.4, -0.2) is 39.5 Å². The Kier molecular flexibility index (Phi) is 3.31. The molecule has 3 heterocycles. The molecule has 2 aromatic heterocycles. The van der Waals surface area contributed by atoms with Crippen molar-refractivity contribution < 1.29 is 9.26 Å². The molecule has 7 nitrogen and oxygen atoms in total. The average Bonchev–Trinajstić information content (AvgIpc) is 3.08. The van der Waals surface area contributed by atoms with Crippen LogP contribution in [-0.2, 0) is 11.2 Å². The van der Waals surface area contributed by atoms with E-state index in [4.69, 9.17) is 9.26 Å². The number of hydrogen-bond donors (Lipinski definition) is 1. The van der Waals surface area contributed by atoms with Crippen molar-refractivity contribution in [3.8, 4) is 10.8 Å². The third-order valence-electron chi connectivity index (χ3n) is 2.76. The summed E-state index contributed by atoms with van der Waals surface area (Å²) < 4.78 is 14.6. The van der Waals surface area contributed by atoms with Gasteiger partial charge in [0.25, 0.3) is 5.89 Å². The maximum absolute atomic E-state index is 5.38. The second kappa shape index (κ2) is 5.09. The molecule has 1 aliphatic heterocycles. The second-order valence-corrected chi connectivity index (χ2v) is 4.70. The van der Waals surface area contributed by atoms with Crippen LogP contribution >= 0.6 is 11.5 Å². The Morgan fingerprint density at radius 1 is 1.50 bits per heavy atom. The number of nitrogens with one attached hydrogen (secondary N) is 1. The minimum atomic E-state index is 0.00204. The van der Waals surface area contributed by atoms with Crippen LogP contribution in [0.2, 0.25) is 0 Å². The third-order valence-corrected chi connectivity index (χ3v) is 3.52. The lowest BCUT2D eigenvalue weighted by molar-refractivity contribution is 0.0734. The Hall–Kier alpha value is -1.38. The molecule has 0 aliphatic carbocycles. The highest BCUT2D eigenvalue weighted by Gasteiger charge is 2.23. The van der Waals surface area contributed by atoms with Crippen molar-refractivity contribution in [2.75, 3.05) is 19.8 Å². The van der Waals surface area contributed by atoms with E-state index in [1.165, 1.54) is 11.5 Å². The first-order chi connectivity index (χ1) is 8.88. The normalized spacial score (nSPS) is 20.2. The molecular weight excluding hydrogens is 254 g/mol. The molecule has 0 bridgehead atoms. The standard InChI is InChI=1S/C10H13N5O2S/c1-2-6-8(18-15-13-6)10-12-9(14-17-10)7-5-16-4-3-11-7/h7,11H,2-5H2,1H3. The topological polar surface area (TPSA) is 86.0 Å². The van der Waals surface area contributed by atoms with Gasteiger partial charge in [-0.15, -0.1) is 5.10 Å². The zero-order valence-corrected chi connectivity index (χ0v) is 10.7. The van der Waals surface area contributed by atoms with Crippen molar-refractivity contribution in [1.29, 1.82) is 0 Å². The number of ether oxygens (including phenoxy) is 1. The van der Waals surface area contributed by atoms with Crippen LogP contribution < -0.4 is 5.32 Å². The smallest absolute Gasteiger partial charge is 0.271 e. The molecule has 1 aliphatic rings. The van der Waals surface area contributed by atoms with E-state index in [0.717, 1.165) is 30.1 Å². The molecule has 8 heteroatoms. The molecule has 1 atom stereocenters. The molecule has 1 unspecified atom stereocenters. The summed E-state index contributed by atoms with van der Waals surface area (Å²) >= 11 is 1.28. The first-order valence-corrected chi connectivity index (χ1v) is 6.62. The summed E-state index contributed by atoms with van der Waals surface area (Å²) in [7, 11) is 0. The summed E-state index contributed by atoms with van der Waals surface area (Å²) in [6.45, 7) is 4.12. The van der Waals surface area contributed by atoms with Gasteiger partial charge < -0.3 is 14.6 Å². The molecule has 0 radical (unpaired) electrons. The molecular formula is C10H13N5O2S. The van der Waals surface area contributed by atoms with Crippen LogP contribution in [0.5, 0.6) is 0 Å². The van der Waals surface area contributed by atoms with Gasteiger partial charge in [-0.2, -0.15) is 4.98 Å². The molecule has 96 valence electrons. The van der Waals surface area contributed by atoms with E-state index in [-0.39, 0.29) is 6.04 Å². The number of rotatable bonds is 3. The molecule has 1 N–H and O–H groups in total. The molecule has 0 aromatic carbocycles. The molecule has 3 rings (SSSR count). The predicted octanol–water partition coefficient (Wildman–Crippen LogP) is 0.811. The Labute approximate surface area is 108 Å². The van der Waals surface area contributed by atoms with Gasteiger partial charge in [0.2, 0.25) is 0 Å². The van der Waals surface area contributed by atoms with Gasteiger partial charge in [-0.25, -0.2) is 0 Å². The first kappa shape index (κ1) is 11.7. The fourth-order valence-corrected chi connectivity index (χ4v) is 2.47. The van der Waals surface area contributed by atoms with Crippen molar-refractivity contribution >= 4 is 11.5 Å². The lowest BCUT2D eigenvalue weighted by Gasteiger charge is -2.20. The highest BCUT2D eigenvalue weighted by molar-refractivity contribution is 7.09. The van der Waals surface area contributed by atoms with Crippen molar-refractivity contribution in [3.63, 3.8) is 0 Å². The van der Waals surface area contributed by atoms with Gasteiger partial charge in [-0.05, 0) is 18.0 Å². The fraction of sp³-hybridized carbons (Fsp3) is 0.600. The molecule has 1 saturated heterocycles. The van der Waals surface area contributed by atoms with E-state index >= 15 is 0 Å². The zero-order valence-electron chi connectivity index (χ0n) is 9.92. The summed E-state index contributed by atoms with van der Waals surface area (Å²) in [5.74, 6) is 1.12. The van der Waals surface area contributed by atoms with Crippen LogP contribution in [0.1, 0.15) is 24.5 Å². The minimum absolute atomic E-state index is 0.00204. The van der Waals surface area contributed by atoms with Gasteiger partial charge in [0, 0.05) is 6.54 Å². The molecule has 0 spiro atoms. The number of nitrogens with zero attached hydrogens (tertiary/aromatic N) is 4. The van der Waals surface area contributed by atoms with Gasteiger partial charge in [0.15, 0.2) is 5.82 Å². The van der Waals surface area contributed by atoms with Gasteiger partial charge in [-0.3, -0.25) is 0 Å². The molecule has 1 fully saturated rings. The molecule has 18 heavy (non-hydrogen) atoms. The van der Waals surface area contributed by atoms with Crippen molar-refractivity contribution in [2.24, 2.45) is 0 Å². The lowest BCUT2D eigenvalue weighted by atomic mass is 10.2. The average molecular weight is 267 g/mol. The van der Waals surface area contributed by atoms with Crippen LogP contribution in [0.15, 0.2) is 4.52 Å². The SMILES string of the molecule is CCc1nnsc1-c1nc(C2COCCN2)no1. The Bertz CT molecular complexity index is 520. The quantitative estimate of drug-likeness (QED) is 0.880. The maximum atomic E-state index is 5.38. The molecule has 2 aromatic rings. The highest BCUT2D eigenvalue weighted by atomic mass is 32.1. The third kappa shape index (κ3) is 2.14. The monoisotopic (exact) mass is 267 g/mol. The van der Waals surface area contributed by atoms with E-state index in [9.17, 15) is 0 Å². The fourth-order valence-electron chi connectivity index (χ4n) is 1.80. The van der Waals surface area contributed by atoms with Crippen LogP contribution in [0.4, 0.5) is 0 Å². The molecule has 0 saturated carbocycles. The van der Waals surface area contributed by atoms with Gasteiger partial charge in [0.05, 0.1) is 24.9 Å². The largest absolute Gasteiger partial charge is 0.378 e. The van der Waals surface area contributed by atoms with E-state index in [2.05, 4.69) is 25.0 Å². The van der Waals surface area contributed by atoms with E-state index in [1.54, 1.807) is 0 Å². The molecule has 0 amide bonds. The highest BCUT2D eigenvalue weighted by Crippen LogP contribution is 2.26. The van der Waals surface area contributed by atoms with E-state index in [1.807, 2.05) is 6.92 Å². The van der Waals surface area contributed by atoms with Crippen molar-refractivity contribution in [2.45, 2.75) is 19.4 Å². The Morgan fingerprint density at radius 3 is 3.22 bits per heavy atom. The van der Waals surface area contributed by atoms with Crippen LogP contribution in [0, 0.1) is 0 Å². The first-order valence-electron chi connectivity index (χ1n) is 5.84. The number of morpholine rings is 1. The number of hydrogen-bond acceptors (Lipinski definition) is 8. The maximum Gasteiger partial charge on any atom is 0.271 e. The Morgan fingerprint density at radius 2 is 2.44 bits per heavy atom. The summed E-state index contributed by atoms with van der Waals surface area (Å²) in [6, 6.07) is 0.00204. The second-order valence-electron chi connectivity index (χ2n) is 3.94. The summed E-state index contributed by atoms with van der Waals surface area (Å²) in [5.41, 5.74) is 0.892. The zero-order chi connectivity index (χ0) is 12.4. The van der Waals surface area contributed by atoms with Crippen molar-refractivity contribution in [3.05, 3.63) is 11.5 Å². The van der Waals surface area contributed by atoms with Gasteiger partial charge in [0.1, 0.15) is 4.88 Å². The predicted molar refractivity (Wildman–Crippen MR) is 64.1 cm³/mol. The van der Waals surface area contributed by atoms with Gasteiger partial charge >= 0.3 is 0 Å². The number of aryl methyl sites for hydroxylation is 1. The minimum Gasteiger partial charge on any atom is -0.378 e. The van der Waals surface area contributed by atoms with E-state index in [0.29, 0.717) is 18.3 Å². The van der Waals surface area contributed by atoms with Gasteiger partial charge in [-0.1, -0.05) is 16.6 Å². The van der Waals surface area contributed by atoms with Crippen LogP contribution in [0.25, 0.3) is 10.8 Å². The van der Waals surface area contributed by atoms with Crippen molar-refractivity contribution in [1.82, 2.24) is 25.0 Å². The van der Waals surface area contributed by atoms with E-state index < -0.39 is 0 Å². The lowest BCUT2D eigenvalue weighted by Crippen LogP contribution is -2.35. The summed E-state index contributed by atoms with van der Waals surface area (Å²) in [6.07, 6.45) is 0.800. The number of aromatic nitrogens is 4.